The summed E-state index contributed by atoms with van der Waals surface area (Å²) >= 11 is 0. The van der Waals surface area contributed by atoms with E-state index in [-0.39, 0.29) is 11.4 Å². The molecule has 0 saturated heterocycles. The van der Waals surface area contributed by atoms with Crippen molar-refractivity contribution in [3.8, 4) is 0 Å². The van der Waals surface area contributed by atoms with Crippen LogP contribution in [0.1, 0.15) is 37.0 Å². The molecule has 2 N–H and O–H groups in total. The molecule has 0 amide bonds. The van der Waals surface area contributed by atoms with Crippen LogP contribution in [0, 0.1) is 19.7 Å². The first-order valence-corrected chi connectivity index (χ1v) is 9.10. The average molecular weight is 315 g/mol. The average Bonchev–Trinajstić information content (AvgIpc) is 2.42. The molecule has 1 rings (SSSR count). The predicted molar refractivity (Wildman–Crippen MR) is 87.2 cm³/mol. The Morgan fingerprint density at radius 1 is 1.29 bits per heavy atom. The van der Waals surface area contributed by atoms with Gasteiger partial charge in [0.1, 0.15) is 5.82 Å². The highest BCUT2D eigenvalue weighted by Crippen LogP contribution is 2.33. The Bertz CT molecular complexity index is 466. The van der Waals surface area contributed by atoms with E-state index in [9.17, 15) is 4.39 Å². The fourth-order valence-electron chi connectivity index (χ4n) is 1.68. The van der Waals surface area contributed by atoms with Crippen LogP contribution in [0.2, 0.25) is 0 Å². The van der Waals surface area contributed by atoms with E-state index in [0.717, 1.165) is 17.5 Å². The first-order chi connectivity index (χ1) is 9.75. The van der Waals surface area contributed by atoms with Gasteiger partial charge < -0.3 is 15.0 Å². The molecule has 3 nitrogen and oxygen atoms in total. The number of benzene rings is 1. The van der Waals surface area contributed by atoms with Crippen LogP contribution in [0.15, 0.2) is 12.1 Å². The quantitative estimate of drug-likeness (QED) is 0.735. The summed E-state index contributed by atoms with van der Waals surface area (Å²) < 4.78 is 24.8. The molecular weight excluding hydrogens is 288 g/mol. The van der Waals surface area contributed by atoms with Crippen molar-refractivity contribution in [3.05, 3.63) is 34.6 Å². The third kappa shape index (κ3) is 6.39. The summed E-state index contributed by atoms with van der Waals surface area (Å²) in [5.41, 5.74) is 8.36. The van der Waals surface area contributed by atoms with Crippen LogP contribution in [0.4, 0.5) is 4.39 Å². The van der Waals surface area contributed by atoms with Crippen LogP contribution >= 0.6 is 8.15 Å². The second-order valence-electron chi connectivity index (χ2n) is 5.91. The molecule has 1 aromatic carbocycles. The Morgan fingerprint density at radius 2 is 1.95 bits per heavy atom. The Labute approximate surface area is 128 Å². The van der Waals surface area contributed by atoms with Gasteiger partial charge in [-0.3, -0.25) is 0 Å². The molecule has 2 atom stereocenters. The number of rotatable bonds is 8. The van der Waals surface area contributed by atoms with Crippen molar-refractivity contribution in [2.45, 2.75) is 46.3 Å². The molecule has 0 aliphatic rings. The summed E-state index contributed by atoms with van der Waals surface area (Å²) in [6, 6.07) is 3.40. The lowest BCUT2D eigenvalue weighted by Crippen LogP contribution is -2.39. The van der Waals surface area contributed by atoms with Crippen molar-refractivity contribution in [2.24, 2.45) is 5.73 Å². The van der Waals surface area contributed by atoms with E-state index in [2.05, 4.69) is 6.92 Å². The van der Waals surface area contributed by atoms with Crippen molar-refractivity contribution < 1.29 is 13.7 Å². The van der Waals surface area contributed by atoms with Gasteiger partial charge in [0.05, 0.1) is 27.7 Å². The van der Waals surface area contributed by atoms with Crippen LogP contribution in [-0.2, 0) is 15.9 Å². The van der Waals surface area contributed by atoms with Crippen molar-refractivity contribution in [1.82, 2.24) is 0 Å². The fraction of sp³-hybridized carbons (Fsp3) is 0.625. The van der Waals surface area contributed by atoms with Gasteiger partial charge in [-0.1, -0.05) is 13.0 Å². The number of hydrogen-bond donors (Lipinski definition) is 1. The first-order valence-electron chi connectivity index (χ1n) is 7.21. The summed E-state index contributed by atoms with van der Waals surface area (Å²) in [7, 11) is -0.647. The van der Waals surface area contributed by atoms with Gasteiger partial charge >= 0.3 is 0 Å². The van der Waals surface area contributed by atoms with Crippen molar-refractivity contribution in [1.29, 1.82) is 0 Å². The lowest BCUT2D eigenvalue weighted by atomic mass is 10.0. The SMILES string of the molecule is CCC(C)(N)COP(C)COCc1cc(C)c(F)cc1C. The summed E-state index contributed by atoms with van der Waals surface area (Å²) in [6.07, 6.45) is 1.44. The van der Waals surface area contributed by atoms with Gasteiger partial charge in [0.2, 0.25) is 0 Å². The number of aryl methyl sites for hydroxylation is 2. The van der Waals surface area contributed by atoms with Gasteiger partial charge in [0, 0.05) is 5.54 Å². The highest BCUT2D eigenvalue weighted by atomic mass is 31.1. The lowest BCUT2D eigenvalue weighted by molar-refractivity contribution is 0.152. The minimum Gasteiger partial charge on any atom is -0.370 e. The molecule has 0 bridgehead atoms. The first kappa shape index (κ1) is 18.5. The zero-order chi connectivity index (χ0) is 16.0. The molecule has 120 valence electrons. The molecular formula is C16H27FNO2P. The van der Waals surface area contributed by atoms with E-state index in [1.54, 1.807) is 13.0 Å². The molecule has 0 aliphatic carbocycles. The van der Waals surface area contributed by atoms with Gasteiger partial charge in [-0.15, -0.1) is 0 Å². The third-order valence-corrected chi connectivity index (χ3v) is 4.69. The van der Waals surface area contributed by atoms with Crippen molar-refractivity contribution in [2.75, 3.05) is 19.6 Å². The molecule has 0 heterocycles. The normalized spacial score (nSPS) is 15.8. The van der Waals surface area contributed by atoms with Gasteiger partial charge in [-0.05, 0) is 56.6 Å². The number of halogens is 1. The van der Waals surface area contributed by atoms with Gasteiger partial charge in [0.25, 0.3) is 0 Å². The number of nitrogens with two attached hydrogens (primary N) is 1. The number of ether oxygens (including phenoxy) is 1. The largest absolute Gasteiger partial charge is 0.370 e. The molecule has 21 heavy (non-hydrogen) atoms. The standard InChI is InChI=1S/C16H27FNO2P/c1-6-16(4,18)10-20-21(5)11-19-9-14-7-13(3)15(17)8-12(14)2/h7-8H,6,9-11,18H2,1-5H3. The van der Waals surface area contributed by atoms with Crippen LogP contribution in [0.25, 0.3) is 0 Å². The minimum atomic E-state index is -0.647. The summed E-state index contributed by atoms with van der Waals surface area (Å²) in [5, 5.41) is 0. The molecule has 0 fully saturated rings. The zero-order valence-corrected chi connectivity index (χ0v) is 14.6. The van der Waals surface area contributed by atoms with Gasteiger partial charge in [0.15, 0.2) is 0 Å². The molecule has 0 aromatic heterocycles. The van der Waals surface area contributed by atoms with E-state index in [0.29, 0.717) is 25.1 Å². The Kier molecular flexibility index (Phi) is 7.22. The molecule has 1 aromatic rings. The van der Waals surface area contributed by atoms with E-state index < -0.39 is 8.15 Å². The van der Waals surface area contributed by atoms with Gasteiger partial charge in [-0.2, -0.15) is 0 Å². The Balaban J connectivity index is 2.38. The van der Waals surface area contributed by atoms with E-state index in [1.165, 1.54) is 0 Å². The zero-order valence-electron chi connectivity index (χ0n) is 13.7. The molecule has 0 saturated carbocycles. The van der Waals surface area contributed by atoms with Crippen molar-refractivity contribution >= 4 is 8.15 Å². The molecule has 0 spiro atoms. The number of hydrogen-bond acceptors (Lipinski definition) is 3. The highest BCUT2D eigenvalue weighted by Gasteiger charge is 2.17. The minimum absolute atomic E-state index is 0.167. The maximum Gasteiger partial charge on any atom is 0.126 e. The third-order valence-electron chi connectivity index (χ3n) is 3.57. The van der Waals surface area contributed by atoms with Crippen molar-refractivity contribution in [3.63, 3.8) is 0 Å². The summed E-state index contributed by atoms with van der Waals surface area (Å²) in [5.74, 6) is -0.167. The Hall–Kier alpha value is -0.540. The monoisotopic (exact) mass is 315 g/mol. The Morgan fingerprint density at radius 3 is 2.57 bits per heavy atom. The summed E-state index contributed by atoms with van der Waals surface area (Å²) in [4.78, 5) is 0. The van der Waals surface area contributed by atoms with Gasteiger partial charge in [-0.25, -0.2) is 4.39 Å². The molecule has 2 unspecified atom stereocenters. The topological polar surface area (TPSA) is 44.5 Å². The van der Waals surface area contributed by atoms with E-state index in [1.807, 2.05) is 26.6 Å². The summed E-state index contributed by atoms with van der Waals surface area (Å²) in [6.45, 7) is 10.8. The fourth-order valence-corrected chi connectivity index (χ4v) is 2.62. The second-order valence-corrected chi connectivity index (χ2v) is 7.69. The molecule has 0 radical (unpaired) electrons. The van der Waals surface area contributed by atoms with E-state index in [4.69, 9.17) is 15.0 Å². The maximum absolute atomic E-state index is 13.4. The van der Waals surface area contributed by atoms with Crippen LogP contribution in [0.3, 0.4) is 0 Å². The van der Waals surface area contributed by atoms with E-state index >= 15 is 0 Å². The maximum atomic E-state index is 13.4. The smallest absolute Gasteiger partial charge is 0.126 e. The highest BCUT2D eigenvalue weighted by molar-refractivity contribution is 7.51. The lowest BCUT2D eigenvalue weighted by Gasteiger charge is -2.24. The predicted octanol–water partition coefficient (Wildman–Crippen LogP) is 4.09. The van der Waals surface area contributed by atoms with Crippen LogP contribution < -0.4 is 5.73 Å². The second kappa shape index (κ2) is 8.19. The van der Waals surface area contributed by atoms with Crippen LogP contribution in [-0.4, -0.2) is 25.2 Å². The van der Waals surface area contributed by atoms with Crippen LogP contribution in [0.5, 0.6) is 0 Å². The molecule has 0 aliphatic heterocycles. The molecule has 5 heteroatoms.